The molecule has 0 atom stereocenters. The van der Waals surface area contributed by atoms with Gasteiger partial charge in [-0.25, -0.2) is 8.78 Å². The number of fused-ring (bicyclic) bond motifs is 3. The number of carbonyl (C=O) groups is 3. The lowest BCUT2D eigenvalue weighted by Crippen LogP contribution is -2.24. The molecule has 8 nitrogen and oxygen atoms in total. The Morgan fingerprint density at radius 1 is 0.880 bits per heavy atom. The monoisotopic (exact) mass is 678 g/mol. The number of rotatable bonds is 6. The molecule has 0 heterocycles. The Labute approximate surface area is 290 Å². The molecule has 3 amide bonds. The predicted molar refractivity (Wildman–Crippen MR) is 188 cm³/mol. The molecule has 0 radical (unpaired) electrons. The van der Waals surface area contributed by atoms with Crippen LogP contribution in [0.5, 0.6) is 0 Å². The molecule has 5 N–H and O–H groups in total. The van der Waals surface area contributed by atoms with Crippen molar-refractivity contribution in [2.24, 2.45) is 5.73 Å². The molecule has 7 rings (SSSR count). The zero-order valence-electron chi connectivity index (χ0n) is 28.0. The number of nitrogens with one attached hydrogen (secondary N) is 2. The molecule has 0 saturated heterocycles. The zero-order chi connectivity index (χ0) is 35.8. The summed E-state index contributed by atoms with van der Waals surface area (Å²) >= 11 is 0. The molecular weight excluding hydrogens is 638 g/mol. The van der Waals surface area contributed by atoms with E-state index < -0.39 is 17.5 Å². The smallest absolute Gasteiger partial charge is 0.244 e. The maximum atomic E-state index is 13.5. The number of allylic oxidation sites excluding steroid dienone is 3. The van der Waals surface area contributed by atoms with Gasteiger partial charge in [0, 0.05) is 36.9 Å². The van der Waals surface area contributed by atoms with Gasteiger partial charge in [0.15, 0.2) is 0 Å². The average molecular weight is 679 g/mol. The Morgan fingerprint density at radius 2 is 1.58 bits per heavy atom. The van der Waals surface area contributed by atoms with Gasteiger partial charge >= 0.3 is 0 Å². The normalized spacial score (nSPS) is 17.5. The van der Waals surface area contributed by atoms with Gasteiger partial charge in [-0.05, 0) is 132 Å². The number of nitrogens with zero attached hydrogens (tertiary/aromatic N) is 1. The van der Waals surface area contributed by atoms with Crippen LogP contribution in [0.4, 0.5) is 8.78 Å². The van der Waals surface area contributed by atoms with Crippen LogP contribution < -0.4 is 16.4 Å². The van der Waals surface area contributed by atoms with Gasteiger partial charge in [-0.2, -0.15) is 5.26 Å². The molecule has 50 heavy (non-hydrogen) atoms. The van der Waals surface area contributed by atoms with Crippen LogP contribution in [0.2, 0.25) is 0 Å². The third kappa shape index (κ3) is 9.18. The Balaban J connectivity index is 0.000000146. The maximum Gasteiger partial charge on any atom is 0.244 e. The van der Waals surface area contributed by atoms with Crippen LogP contribution >= 0.6 is 0 Å². The van der Waals surface area contributed by atoms with E-state index in [1.54, 1.807) is 12.1 Å². The predicted octanol–water partition coefficient (Wildman–Crippen LogP) is 5.38. The van der Waals surface area contributed by atoms with Gasteiger partial charge in [-0.3, -0.25) is 14.4 Å². The second-order valence-electron chi connectivity index (χ2n) is 12.7. The molecule has 3 aromatic rings. The Morgan fingerprint density at radius 3 is 2.30 bits per heavy atom. The molecule has 1 saturated carbocycles. The fourth-order valence-electron chi connectivity index (χ4n) is 6.53. The molecule has 0 unspecified atom stereocenters. The summed E-state index contributed by atoms with van der Waals surface area (Å²) < 4.78 is 26.6. The van der Waals surface area contributed by atoms with Crippen molar-refractivity contribution in [1.29, 1.82) is 5.26 Å². The van der Waals surface area contributed by atoms with E-state index >= 15 is 0 Å². The van der Waals surface area contributed by atoms with E-state index in [1.165, 1.54) is 46.0 Å². The highest BCUT2D eigenvalue weighted by Gasteiger charge is 2.24. The van der Waals surface area contributed by atoms with E-state index in [0.29, 0.717) is 41.1 Å². The molecule has 0 aromatic heterocycles. The number of benzene rings is 3. The topological polar surface area (TPSA) is 145 Å². The summed E-state index contributed by atoms with van der Waals surface area (Å²) in [4.78, 5) is 34.0. The first kappa shape index (κ1) is 35.9. The van der Waals surface area contributed by atoms with Crippen LogP contribution in [0.3, 0.4) is 0 Å². The lowest BCUT2D eigenvalue weighted by molar-refractivity contribution is -0.117. The first-order valence-corrected chi connectivity index (χ1v) is 16.8. The highest BCUT2D eigenvalue weighted by molar-refractivity contribution is 5.98. The summed E-state index contributed by atoms with van der Waals surface area (Å²) in [6.45, 7) is 2.14. The number of aliphatic hydroxyl groups excluding tert-OH is 1. The second kappa shape index (κ2) is 16.3. The number of primary amides is 1. The standard InChI is InChI=1S/C15H17NO.C13H13F2NO2.C12H10N2O/c1-10-3-2-4-11-5-6-12(15(10)11)9-14(17)16-13-7-8-13;14-9-6-11-8(5-13(18)16-3-4-17)1-2-10(11)12(15)7-9;13-7-8-1-2-9-3-4-10(6-12(14)15)11(9)5-8/h2-4,9,13H,5-8H2,1H3,(H,16,17);5-7,17H,1-4H2,(H,16,18);1-2,5-6H,3-4H2,(H2,14,15)/b12-9+;8-5+;10-6+. The van der Waals surface area contributed by atoms with Gasteiger partial charge in [-0.1, -0.05) is 24.3 Å². The van der Waals surface area contributed by atoms with Crippen molar-refractivity contribution in [3.05, 3.63) is 123 Å². The highest BCUT2D eigenvalue weighted by atomic mass is 19.1. The summed E-state index contributed by atoms with van der Waals surface area (Å²) in [6, 6.07) is 16.6. The van der Waals surface area contributed by atoms with Gasteiger partial charge < -0.3 is 21.5 Å². The molecule has 258 valence electrons. The van der Waals surface area contributed by atoms with Gasteiger partial charge in [0.1, 0.15) is 11.6 Å². The first-order valence-electron chi connectivity index (χ1n) is 16.8. The fraction of sp³-hybridized carbons (Fsp3) is 0.300. The molecule has 3 aromatic carbocycles. The van der Waals surface area contributed by atoms with E-state index in [0.717, 1.165) is 55.7 Å². The van der Waals surface area contributed by atoms with Crippen LogP contribution in [0.15, 0.2) is 66.8 Å². The molecule has 0 spiro atoms. The Kier molecular flexibility index (Phi) is 11.7. The van der Waals surface area contributed by atoms with E-state index in [4.69, 9.17) is 16.1 Å². The van der Waals surface area contributed by atoms with Crippen molar-refractivity contribution in [3.8, 4) is 6.07 Å². The third-order valence-electron chi connectivity index (χ3n) is 9.00. The van der Waals surface area contributed by atoms with Crippen molar-refractivity contribution >= 4 is 34.4 Å². The van der Waals surface area contributed by atoms with Gasteiger partial charge in [0.25, 0.3) is 0 Å². The van der Waals surface area contributed by atoms with Gasteiger partial charge in [0.05, 0.1) is 18.2 Å². The highest BCUT2D eigenvalue weighted by Crippen LogP contribution is 2.36. The lowest BCUT2D eigenvalue weighted by atomic mass is 10.0. The van der Waals surface area contributed by atoms with Crippen LogP contribution in [-0.2, 0) is 33.6 Å². The van der Waals surface area contributed by atoms with Crippen LogP contribution in [0.1, 0.15) is 76.6 Å². The molecule has 0 aliphatic heterocycles. The molecule has 0 bridgehead atoms. The molecule has 4 aliphatic rings. The van der Waals surface area contributed by atoms with Crippen LogP contribution in [-0.4, -0.2) is 42.0 Å². The molecule has 1 fully saturated rings. The van der Waals surface area contributed by atoms with E-state index in [2.05, 4.69) is 41.8 Å². The summed E-state index contributed by atoms with van der Waals surface area (Å²) in [6.07, 6.45) is 11.7. The number of hydrogen-bond donors (Lipinski definition) is 4. The maximum absolute atomic E-state index is 13.5. The van der Waals surface area contributed by atoms with Gasteiger partial charge in [-0.15, -0.1) is 0 Å². The minimum Gasteiger partial charge on any atom is -0.395 e. The Bertz CT molecular complexity index is 1950. The van der Waals surface area contributed by atoms with Crippen molar-refractivity contribution in [3.63, 3.8) is 0 Å². The summed E-state index contributed by atoms with van der Waals surface area (Å²) in [5.74, 6) is -1.92. The van der Waals surface area contributed by atoms with Crippen molar-refractivity contribution in [2.45, 2.75) is 64.3 Å². The summed E-state index contributed by atoms with van der Waals surface area (Å²) in [7, 11) is 0. The lowest BCUT2D eigenvalue weighted by Gasteiger charge is -2.05. The SMILES string of the molecule is Cc1cccc2c1/C(=C/C(=O)NC1CC1)CC2.N#Cc1ccc2c(c1)/C(=C/C(N)=O)CC2.O=C(/C=C1\CCc2c(F)cc(F)cc21)NCCO. The number of carbonyl (C=O) groups excluding carboxylic acids is 3. The molecular formula is C40H40F2N4O4. The summed E-state index contributed by atoms with van der Waals surface area (Å²) in [5.41, 5.74) is 15.6. The van der Waals surface area contributed by atoms with E-state index in [9.17, 15) is 23.2 Å². The van der Waals surface area contributed by atoms with Crippen LogP contribution in [0.25, 0.3) is 16.7 Å². The average Bonchev–Trinajstić information content (AvgIpc) is 3.45. The van der Waals surface area contributed by atoms with E-state index in [-0.39, 0.29) is 25.0 Å². The minimum absolute atomic E-state index is 0.0820. The van der Waals surface area contributed by atoms with Crippen molar-refractivity contribution < 1.29 is 28.3 Å². The van der Waals surface area contributed by atoms with Crippen molar-refractivity contribution in [2.75, 3.05) is 13.2 Å². The summed E-state index contributed by atoms with van der Waals surface area (Å²) in [5, 5.41) is 22.8. The number of nitrogens with two attached hydrogens (primary N) is 1. The van der Waals surface area contributed by atoms with Gasteiger partial charge in [0.2, 0.25) is 17.7 Å². The number of amides is 3. The van der Waals surface area contributed by atoms with Crippen molar-refractivity contribution in [1.82, 2.24) is 10.6 Å². The number of nitriles is 1. The minimum atomic E-state index is -0.644. The first-order chi connectivity index (χ1) is 24.1. The number of hydrogen-bond acceptors (Lipinski definition) is 5. The van der Waals surface area contributed by atoms with E-state index in [1.807, 2.05) is 12.1 Å². The third-order valence-corrected chi connectivity index (χ3v) is 9.00. The number of halogens is 2. The fourth-order valence-corrected chi connectivity index (χ4v) is 6.53. The quantitative estimate of drug-likeness (QED) is 0.259. The molecule has 10 heteroatoms. The zero-order valence-corrected chi connectivity index (χ0v) is 28.0. The number of aliphatic hydroxyl groups is 1. The molecule has 4 aliphatic carbocycles. The largest absolute Gasteiger partial charge is 0.395 e. The second-order valence-corrected chi connectivity index (χ2v) is 12.7. The Hall–Kier alpha value is -5.40. The van der Waals surface area contributed by atoms with Crippen LogP contribution in [0, 0.1) is 29.9 Å². The number of aryl methyl sites for hydroxylation is 3.